The van der Waals surface area contributed by atoms with Gasteiger partial charge in [0.05, 0.1) is 34.7 Å². The Morgan fingerprint density at radius 3 is 2.52 bits per heavy atom. The topological polar surface area (TPSA) is 96.3 Å². The first-order chi connectivity index (χ1) is 9.99. The Morgan fingerprint density at radius 1 is 1.29 bits per heavy atom. The van der Waals surface area contributed by atoms with E-state index in [4.69, 9.17) is 10.00 Å². The van der Waals surface area contributed by atoms with Gasteiger partial charge in [-0.25, -0.2) is 13.1 Å². The van der Waals surface area contributed by atoms with Crippen molar-refractivity contribution in [1.82, 2.24) is 4.72 Å². The van der Waals surface area contributed by atoms with Gasteiger partial charge in [0.2, 0.25) is 5.91 Å². The molecule has 2 fully saturated rings. The Balaban J connectivity index is 1.73. The van der Waals surface area contributed by atoms with Crippen LogP contribution >= 0.6 is 0 Å². The van der Waals surface area contributed by atoms with Crippen molar-refractivity contribution in [1.29, 1.82) is 5.26 Å². The van der Waals surface area contributed by atoms with Gasteiger partial charge >= 0.3 is 0 Å². The number of amides is 1. The molecule has 2 heterocycles. The molecule has 0 radical (unpaired) electrons. The molecule has 0 saturated carbocycles. The largest absolute Gasteiger partial charge is 0.374 e. The number of nitrogens with zero attached hydrogens (tertiary/aromatic N) is 1. The summed E-state index contributed by atoms with van der Waals surface area (Å²) < 4.78 is 32.0. The Kier molecular flexibility index (Phi) is 3.43. The van der Waals surface area contributed by atoms with E-state index in [0.717, 1.165) is 12.8 Å². The van der Waals surface area contributed by atoms with Gasteiger partial charge in [-0.05, 0) is 43.5 Å². The fourth-order valence-electron chi connectivity index (χ4n) is 2.89. The van der Waals surface area contributed by atoms with Crippen LogP contribution in [-0.4, -0.2) is 26.5 Å². The third-order valence-corrected chi connectivity index (χ3v) is 5.33. The molecule has 7 heteroatoms. The van der Waals surface area contributed by atoms with Gasteiger partial charge in [0.25, 0.3) is 10.0 Å². The first-order valence-corrected chi connectivity index (χ1v) is 8.20. The minimum Gasteiger partial charge on any atom is -0.374 e. The second-order valence-electron chi connectivity index (χ2n) is 5.32. The van der Waals surface area contributed by atoms with Crippen molar-refractivity contribution in [2.24, 2.45) is 5.92 Å². The minimum atomic E-state index is -3.90. The summed E-state index contributed by atoms with van der Waals surface area (Å²) in [7, 11) is -3.90. The van der Waals surface area contributed by atoms with Crippen molar-refractivity contribution in [3.8, 4) is 6.07 Å². The number of carbonyl (C=O) groups is 1. The van der Waals surface area contributed by atoms with Gasteiger partial charge in [0.15, 0.2) is 0 Å². The number of benzene rings is 1. The van der Waals surface area contributed by atoms with Crippen molar-refractivity contribution in [3.63, 3.8) is 0 Å². The number of sulfonamides is 1. The molecular formula is C14H14N2O4S. The van der Waals surface area contributed by atoms with Crippen LogP contribution < -0.4 is 4.72 Å². The van der Waals surface area contributed by atoms with E-state index in [0.29, 0.717) is 12.0 Å². The lowest BCUT2D eigenvalue weighted by Gasteiger charge is -2.17. The number of nitrogens with one attached hydrogen (secondary N) is 1. The molecule has 1 amide bonds. The highest BCUT2D eigenvalue weighted by Gasteiger charge is 2.45. The van der Waals surface area contributed by atoms with Gasteiger partial charge in [-0.3, -0.25) is 4.79 Å². The van der Waals surface area contributed by atoms with Gasteiger partial charge in [-0.2, -0.15) is 5.26 Å². The fraction of sp³-hybridized carbons (Fsp3) is 0.429. The Morgan fingerprint density at radius 2 is 2.00 bits per heavy atom. The average Bonchev–Trinajstić information content (AvgIpc) is 3.09. The summed E-state index contributed by atoms with van der Waals surface area (Å²) in [5.41, 5.74) is 0.363. The van der Waals surface area contributed by atoms with E-state index in [1.165, 1.54) is 24.3 Å². The molecule has 1 aromatic rings. The highest BCUT2D eigenvalue weighted by Crippen LogP contribution is 2.38. The van der Waals surface area contributed by atoms with Crippen LogP contribution in [0.4, 0.5) is 0 Å². The quantitative estimate of drug-likeness (QED) is 0.896. The summed E-state index contributed by atoms with van der Waals surface area (Å²) in [6.45, 7) is 0. The molecule has 1 aromatic carbocycles. The zero-order valence-electron chi connectivity index (χ0n) is 11.2. The molecule has 2 bridgehead atoms. The second kappa shape index (κ2) is 5.13. The van der Waals surface area contributed by atoms with Crippen LogP contribution in [0.5, 0.6) is 0 Å². The van der Waals surface area contributed by atoms with Crippen LogP contribution in [0, 0.1) is 17.2 Å². The molecule has 2 aliphatic heterocycles. The number of hydrogen-bond acceptors (Lipinski definition) is 5. The molecule has 1 N–H and O–H groups in total. The molecule has 0 aromatic heterocycles. The molecule has 0 aliphatic carbocycles. The van der Waals surface area contributed by atoms with Gasteiger partial charge < -0.3 is 4.74 Å². The van der Waals surface area contributed by atoms with Crippen molar-refractivity contribution in [2.75, 3.05) is 0 Å². The zero-order chi connectivity index (χ0) is 15.0. The van der Waals surface area contributed by atoms with Crippen molar-refractivity contribution in [3.05, 3.63) is 29.8 Å². The SMILES string of the molecule is N#Cc1ccc(S(=O)(=O)NC(=O)[C@@H]2C[C@H]3CC[C@H]2O3)cc1. The maximum Gasteiger partial charge on any atom is 0.264 e. The zero-order valence-corrected chi connectivity index (χ0v) is 12.0. The number of rotatable bonds is 3. The van der Waals surface area contributed by atoms with Crippen molar-refractivity contribution < 1.29 is 17.9 Å². The molecule has 110 valence electrons. The second-order valence-corrected chi connectivity index (χ2v) is 7.00. The van der Waals surface area contributed by atoms with E-state index < -0.39 is 21.8 Å². The van der Waals surface area contributed by atoms with E-state index in [1.54, 1.807) is 0 Å². The summed E-state index contributed by atoms with van der Waals surface area (Å²) >= 11 is 0. The molecule has 0 spiro atoms. The third kappa shape index (κ3) is 2.64. The molecule has 3 atom stereocenters. The maximum absolute atomic E-state index is 12.1. The van der Waals surface area contributed by atoms with E-state index in [-0.39, 0.29) is 17.1 Å². The monoisotopic (exact) mass is 306 g/mol. The average molecular weight is 306 g/mol. The maximum atomic E-state index is 12.1. The summed E-state index contributed by atoms with van der Waals surface area (Å²) in [6.07, 6.45) is 2.25. The molecule has 2 saturated heterocycles. The summed E-state index contributed by atoms with van der Waals surface area (Å²) in [4.78, 5) is 12.1. The number of nitriles is 1. The summed E-state index contributed by atoms with van der Waals surface area (Å²) in [5, 5.41) is 8.70. The van der Waals surface area contributed by atoms with Crippen LogP contribution in [-0.2, 0) is 19.6 Å². The highest BCUT2D eigenvalue weighted by atomic mass is 32.2. The van der Waals surface area contributed by atoms with E-state index in [2.05, 4.69) is 4.72 Å². The Bertz CT molecular complexity index is 705. The number of hydrogen-bond donors (Lipinski definition) is 1. The van der Waals surface area contributed by atoms with Crippen LogP contribution in [0.1, 0.15) is 24.8 Å². The normalized spacial score (nSPS) is 27.3. The number of carbonyl (C=O) groups excluding carboxylic acids is 1. The van der Waals surface area contributed by atoms with E-state index >= 15 is 0 Å². The van der Waals surface area contributed by atoms with E-state index in [9.17, 15) is 13.2 Å². The van der Waals surface area contributed by atoms with Crippen LogP contribution in [0.15, 0.2) is 29.2 Å². The first-order valence-electron chi connectivity index (χ1n) is 6.72. The highest BCUT2D eigenvalue weighted by molar-refractivity contribution is 7.90. The van der Waals surface area contributed by atoms with Gasteiger partial charge in [0, 0.05) is 0 Å². The van der Waals surface area contributed by atoms with E-state index in [1.807, 2.05) is 6.07 Å². The molecule has 3 rings (SSSR count). The smallest absolute Gasteiger partial charge is 0.264 e. The molecular weight excluding hydrogens is 292 g/mol. The van der Waals surface area contributed by atoms with Crippen LogP contribution in [0.3, 0.4) is 0 Å². The Hall–Kier alpha value is -1.91. The molecule has 21 heavy (non-hydrogen) atoms. The summed E-state index contributed by atoms with van der Waals surface area (Å²) in [5.74, 6) is -0.900. The van der Waals surface area contributed by atoms with Gasteiger partial charge in [0.1, 0.15) is 0 Å². The van der Waals surface area contributed by atoms with Crippen molar-refractivity contribution in [2.45, 2.75) is 36.4 Å². The van der Waals surface area contributed by atoms with Crippen LogP contribution in [0.2, 0.25) is 0 Å². The van der Waals surface area contributed by atoms with Crippen molar-refractivity contribution >= 4 is 15.9 Å². The lowest BCUT2D eigenvalue weighted by molar-refractivity contribution is -0.124. The number of ether oxygens (including phenoxy) is 1. The first kappa shape index (κ1) is 14.0. The molecule has 6 nitrogen and oxygen atoms in total. The minimum absolute atomic E-state index is 0.0288. The molecule has 0 unspecified atom stereocenters. The Labute approximate surface area is 122 Å². The summed E-state index contributed by atoms with van der Waals surface area (Å²) in [6, 6.07) is 7.34. The lowest BCUT2D eigenvalue weighted by Crippen LogP contribution is -2.39. The molecule has 2 aliphatic rings. The lowest BCUT2D eigenvalue weighted by atomic mass is 9.89. The van der Waals surface area contributed by atoms with Gasteiger partial charge in [-0.15, -0.1) is 0 Å². The standard InChI is InChI=1S/C14H14N2O4S/c15-8-9-1-4-11(5-2-9)21(18,19)16-14(17)12-7-10-3-6-13(12)20-10/h1-2,4-5,10,12-13H,3,6-7H2,(H,16,17)/t10-,12-,13-/m1/s1. The van der Waals surface area contributed by atoms with Gasteiger partial charge in [-0.1, -0.05) is 0 Å². The third-order valence-electron chi connectivity index (χ3n) is 3.97. The number of fused-ring (bicyclic) bond motifs is 2. The predicted octanol–water partition coefficient (Wildman–Crippen LogP) is 0.931. The predicted molar refractivity (Wildman–Crippen MR) is 72.5 cm³/mol. The van der Waals surface area contributed by atoms with Crippen LogP contribution in [0.25, 0.3) is 0 Å². The fourth-order valence-corrected chi connectivity index (χ4v) is 3.92.